The fourth-order valence-electron chi connectivity index (χ4n) is 3.24. The number of rotatable bonds is 2. The normalized spacial score (nSPS) is 29.2. The number of hydrogen-bond donors (Lipinski definition) is 2. The molecule has 18 heavy (non-hydrogen) atoms. The van der Waals surface area contributed by atoms with Crippen molar-refractivity contribution in [1.82, 2.24) is 10.2 Å². The Balaban J connectivity index is 1.56. The molecule has 2 saturated carbocycles. The van der Waals surface area contributed by atoms with E-state index in [0.29, 0.717) is 0 Å². The summed E-state index contributed by atoms with van der Waals surface area (Å²) in [4.78, 5) is 12.2. The molecule has 2 unspecified atom stereocenters. The first-order valence-corrected chi connectivity index (χ1v) is 6.54. The highest BCUT2D eigenvalue weighted by atomic mass is 16.1. The highest BCUT2D eigenvalue weighted by Crippen LogP contribution is 2.54. The lowest BCUT2D eigenvalue weighted by Gasteiger charge is -2.12. The minimum absolute atomic E-state index is 0.171. The van der Waals surface area contributed by atoms with Gasteiger partial charge in [0.1, 0.15) is 0 Å². The molecule has 2 atom stereocenters. The number of hydrogen-bond acceptors (Lipinski definition) is 2. The number of carbonyl (C=O) groups excluding carboxylic acids is 1. The average Bonchev–Trinajstić information content (AvgIpc) is 2.82. The molecule has 2 fully saturated rings. The number of amides is 1. The van der Waals surface area contributed by atoms with Crippen molar-refractivity contribution >= 4 is 22.5 Å². The molecule has 0 saturated heterocycles. The summed E-state index contributed by atoms with van der Waals surface area (Å²) in [7, 11) is 0. The molecule has 1 aromatic heterocycles. The van der Waals surface area contributed by atoms with Crippen molar-refractivity contribution in [2.75, 3.05) is 5.32 Å². The monoisotopic (exact) mass is 241 g/mol. The van der Waals surface area contributed by atoms with E-state index in [1.165, 1.54) is 6.42 Å². The summed E-state index contributed by atoms with van der Waals surface area (Å²) in [6.07, 6.45) is 5.28. The fraction of sp³-hybridized carbons (Fsp3) is 0.429. The maximum atomic E-state index is 12.2. The van der Waals surface area contributed by atoms with E-state index in [-0.39, 0.29) is 11.8 Å². The minimum Gasteiger partial charge on any atom is -0.324 e. The van der Waals surface area contributed by atoms with Crippen LogP contribution in [0.2, 0.25) is 0 Å². The summed E-state index contributed by atoms with van der Waals surface area (Å²) in [6, 6.07) is 5.85. The molecule has 0 radical (unpaired) electrons. The number of anilines is 1. The molecule has 0 bridgehead atoms. The summed E-state index contributed by atoms with van der Waals surface area (Å²) in [5, 5.41) is 11.0. The summed E-state index contributed by atoms with van der Waals surface area (Å²) >= 11 is 0. The number of H-pyrrole nitrogens is 1. The molecule has 4 nitrogen and oxygen atoms in total. The van der Waals surface area contributed by atoms with Crippen LogP contribution in [0.15, 0.2) is 24.4 Å². The lowest BCUT2D eigenvalue weighted by atomic mass is 10.0. The molecule has 0 aliphatic heterocycles. The first-order valence-electron chi connectivity index (χ1n) is 6.54. The number of carbonyl (C=O) groups is 1. The van der Waals surface area contributed by atoms with E-state index in [4.69, 9.17) is 0 Å². The molecule has 4 heteroatoms. The fourth-order valence-corrected chi connectivity index (χ4v) is 3.24. The average molecular weight is 241 g/mol. The number of nitrogens with zero attached hydrogens (tertiary/aromatic N) is 1. The summed E-state index contributed by atoms with van der Waals surface area (Å²) in [6.45, 7) is 0. The van der Waals surface area contributed by atoms with Gasteiger partial charge >= 0.3 is 0 Å². The van der Waals surface area contributed by atoms with Gasteiger partial charge in [-0.2, -0.15) is 5.10 Å². The van der Waals surface area contributed by atoms with E-state index >= 15 is 0 Å². The van der Waals surface area contributed by atoms with Gasteiger partial charge in [-0.05, 0) is 37.2 Å². The van der Waals surface area contributed by atoms with Gasteiger partial charge in [0.25, 0.3) is 0 Å². The zero-order chi connectivity index (χ0) is 12.1. The lowest BCUT2D eigenvalue weighted by Crippen LogP contribution is -2.21. The lowest BCUT2D eigenvalue weighted by molar-refractivity contribution is -0.119. The van der Waals surface area contributed by atoms with E-state index < -0.39 is 0 Å². The van der Waals surface area contributed by atoms with Crippen LogP contribution in [0.1, 0.15) is 19.3 Å². The van der Waals surface area contributed by atoms with Gasteiger partial charge in [-0.15, -0.1) is 0 Å². The Bertz CT molecular complexity index is 608. The van der Waals surface area contributed by atoms with Gasteiger partial charge in [0.2, 0.25) is 5.91 Å². The topological polar surface area (TPSA) is 57.8 Å². The Morgan fingerprint density at radius 3 is 2.94 bits per heavy atom. The quantitative estimate of drug-likeness (QED) is 0.848. The third kappa shape index (κ3) is 1.52. The molecule has 2 aromatic rings. The van der Waals surface area contributed by atoms with Crippen molar-refractivity contribution in [2.45, 2.75) is 19.3 Å². The third-order valence-electron chi connectivity index (χ3n) is 4.35. The Hall–Kier alpha value is -1.84. The Labute approximate surface area is 105 Å². The summed E-state index contributed by atoms with van der Waals surface area (Å²) < 4.78 is 0. The molecular weight excluding hydrogens is 226 g/mol. The Morgan fingerprint density at radius 2 is 2.11 bits per heavy atom. The highest BCUT2D eigenvalue weighted by molar-refractivity contribution is 6.01. The smallest absolute Gasteiger partial charge is 0.227 e. The number of benzene rings is 1. The Morgan fingerprint density at radius 1 is 1.28 bits per heavy atom. The Kier molecular flexibility index (Phi) is 2.01. The number of aromatic amines is 1. The highest BCUT2D eigenvalue weighted by Gasteiger charge is 2.47. The molecule has 1 amide bonds. The second-order valence-electron chi connectivity index (χ2n) is 5.55. The van der Waals surface area contributed by atoms with Gasteiger partial charge in [0.05, 0.1) is 17.4 Å². The van der Waals surface area contributed by atoms with Crippen LogP contribution in [0.3, 0.4) is 0 Å². The standard InChI is InChI=1S/C14H15N3O/c18-14(11-5-9-4-10(9)6-11)16-12-3-1-2-8-7-15-17-13(8)12/h1-3,7,9-11H,4-6H2,(H,15,17)(H,16,18). The van der Waals surface area contributed by atoms with Gasteiger partial charge in [-0.1, -0.05) is 12.1 Å². The number of nitrogens with one attached hydrogen (secondary N) is 2. The molecule has 4 rings (SSSR count). The van der Waals surface area contributed by atoms with Crippen LogP contribution in [0.4, 0.5) is 5.69 Å². The van der Waals surface area contributed by atoms with Crippen molar-refractivity contribution < 1.29 is 4.79 Å². The molecular formula is C14H15N3O. The van der Waals surface area contributed by atoms with Crippen LogP contribution in [-0.4, -0.2) is 16.1 Å². The first-order chi connectivity index (χ1) is 8.81. The maximum Gasteiger partial charge on any atom is 0.227 e. The summed E-state index contributed by atoms with van der Waals surface area (Å²) in [5.74, 6) is 2.06. The van der Waals surface area contributed by atoms with Crippen LogP contribution in [-0.2, 0) is 4.79 Å². The van der Waals surface area contributed by atoms with E-state index in [2.05, 4.69) is 15.5 Å². The van der Waals surface area contributed by atoms with Gasteiger partial charge in [-0.3, -0.25) is 9.89 Å². The second-order valence-corrected chi connectivity index (χ2v) is 5.55. The van der Waals surface area contributed by atoms with Crippen LogP contribution in [0, 0.1) is 17.8 Å². The third-order valence-corrected chi connectivity index (χ3v) is 4.35. The predicted octanol–water partition coefficient (Wildman–Crippen LogP) is 2.55. The maximum absolute atomic E-state index is 12.2. The summed E-state index contributed by atoms with van der Waals surface area (Å²) in [5.41, 5.74) is 1.75. The van der Waals surface area contributed by atoms with Gasteiger partial charge in [0.15, 0.2) is 0 Å². The van der Waals surface area contributed by atoms with Crippen LogP contribution in [0.25, 0.3) is 10.9 Å². The zero-order valence-corrected chi connectivity index (χ0v) is 10.0. The molecule has 2 N–H and O–H groups in total. The number of para-hydroxylation sites is 1. The first kappa shape index (κ1) is 10.1. The van der Waals surface area contributed by atoms with Crippen molar-refractivity contribution in [3.63, 3.8) is 0 Å². The van der Waals surface area contributed by atoms with Crippen molar-refractivity contribution in [3.05, 3.63) is 24.4 Å². The van der Waals surface area contributed by atoms with E-state index in [1.54, 1.807) is 6.20 Å². The second kappa shape index (κ2) is 3.57. The molecule has 92 valence electrons. The van der Waals surface area contributed by atoms with Gasteiger partial charge in [0, 0.05) is 11.3 Å². The van der Waals surface area contributed by atoms with Gasteiger partial charge in [-0.25, -0.2) is 0 Å². The SMILES string of the molecule is O=C(Nc1cccc2cn[nH]c12)C1CC2CC2C1. The van der Waals surface area contributed by atoms with E-state index in [0.717, 1.165) is 41.3 Å². The molecule has 1 heterocycles. The van der Waals surface area contributed by atoms with Gasteiger partial charge < -0.3 is 5.32 Å². The minimum atomic E-state index is 0.171. The van der Waals surface area contributed by atoms with E-state index in [1.807, 2.05) is 18.2 Å². The largest absolute Gasteiger partial charge is 0.324 e. The number of fused-ring (bicyclic) bond motifs is 2. The van der Waals surface area contributed by atoms with Crippen LogP contribution < -0.4 is 5.32 Å². The molecule has 2 aliphatic carbocycles. The van der Waals surface area contributed by atoms with Crippen molar-refractivity contribution in [2.24, 2.45) is 17.8 Å². The van der Waals surface area contributed by atoms with Crippen molar-refractivity contribution in [1.29, 1.82) is 0 Å². The van der Waals surface area contributed by atoms with Crippen LogP contribution >= 0.6 is 0 Å². The number of aromatic nitrogens is 2. The predicted molar refractivity (Wildman–Crippen MR) is 69.0 cm³/mol. The van der Waals surface area contributed by atoms with Crippen LogP contribution in [0.5, 0.6) is 0 Å². The molecule has 0 spiro atoms. The van der Waals surface area contributed by atoms with Crippen molar-refractivity contribution in [3.8, 4) is 0 Å². The molecule has 2 aliphatic rings. The zero-order valence-electron chi connectivity index (χ0n) is 10.0. The van der Waals surface area contributed by atoms with E-state index in [9.17, 15) is 4.79 Å². The molecule has 1 aromatic carbocycles.